The first-order valence-electron chi connectivity index (χ1n) is 6.27. The van der Waals surface area contributed by atoms with E-state index in [0.29, 0.717) is 6.54 Å². The van der Waals surface area contributed by atoms with Crippen molar-refractivity contribution in [1.82, 2.24) is 9.27 Å². The van der Waals surface area contributed by atoms with Crippen LogP contribution in [0.25, 0.3) is 11.3 Å². The van der Waals surface area contributed by atoms with Crippen LogP contribution < -0.4 is 10.1 Å². The van der Waals surface area contributed by atoms with Gasteiger partial charge in [0.25, 0.3) is 0 Å². The van der Waals surface area contributed by atoms with Crippen LogP contribution in [0.1, 0.15) is 6.92 Å². The Balaban J connectivity index is 2.10. The van der Waals surface area contributed by atoms with Gasteiger partial charge >= 0.3 is 6.03 Å². The van der Waals surface area contributed by atoms with E-state index in [1.165, 1.54) is 11.5 Å². The Bertz CT molecular complexity index is 580. The molecule has 2 aromatic rings. The number of urea groups is 1. The number of amides is 2. The van der Waals surface area contributed by atoms with Crippen LogP contribution in [-0.2, 0) is 0 Å². The lowest BCUT2D eigenvalue weighted by molar-refractivity contribution is 0.225. The molecule has 0 aliphatic rings. The van der Waals surface area contributed by atoms with Crippen molar-refractivity contribution < 1.29 is 9.53 Å². The van der Waals surface area contributed by atoms with Crippen molar-refractivity contribution in [3.63, 3.8) is 0 Å². The Morgan fingerprint density at radius 1 is 1.40 bits per heavy atom. The van der Waals surface area contributed by atoms with Crippen LogP contribution in [0.3, 0.4) is 0 Å². The van der Waals surface area contributed by atoms with E-state index in [0.717, 1.165) is 22.0 Å². The van der Waals surface area contributed by atoms with Crippen molar-refractivity contribution >= 4 is 22.6 Å². The molecule has 20 heavy (non-hydrogen) atoms. The average Bonchev–Trinajstić information content (AvgIpc) is 2.94. The molecule has 0 atom stereocenters. The van der Waals surface area contributed by atoms with E-state index in [-0.39, 0.29) is 6.03 Å². The summed E-state index contributed by atoms with van der Waals surface area (Å²) in [6, 6.07) is 9.40. The van der Waals surface area contributed by atoms with Crippen LogP contribution in [0, 0.1) is 0 Å². The van der Waals surface area contributed by atoms with Gasteiger partial charge in [0.15, 0.2) is 0 Å². The third-order valence-corrected chi connectivity index (χ3v) is 3.65. The highest BCUT2D eigenvalue weighted by molar-refractivity contribution is 7.10. The molecule has 0 saturated heterocycles. The molecule has 0 bridgehead atoms. The van der Waals surface area contributed by atoms with E-state index >= 15 is 0 Å². The van der Waals surface area contributed by atoms with Crippen LogP contribution >= 0.6 is 11.5 Å². The minimum absolute atomic E-state index is 0.127. The van der Waals surface area contributed by atoms with Gasteiger partial charge in [-0.25, -0.2) is 4.79 Å². The number of benzene rings is 1. The van der Waals surface area contributed by atoms with Crippen molar-refractivity contribution in [2.75, 3.05) is 26.0 Å². The third-order valence-electron chi connectivity index (χ3n) is 2.95. The molecule has 0 fully saturated rings. The lowest BCUT2D eigenvalue weighted by Gasteiger charge is -2.13. The van der Waals surface area contributed by atoms with E-state index in [9.17, 15) is 4.79 Å². The fourth-order valence-corrected chi connectivity index (χ4v) is 2.23. The summed E-state index contributed by atoms with van der Waals surface area (Å²) < 4.78 is 9.47. The van der Waals surface area contributed by atoms with Gasteiger partial charge in [-0.2, -0.15) is 4.37 Å². The van der Waals surface area contributed by atoms with Crippen LogP contribution in [0.4, 0.5) is 9.80 Å². The molecular formula is C14H17N3O2S. The number of aromatic nitrogens is 1. The standard InChI is InChI=1S/C14H17N3O2S/c1-4-17(2)14(18)15-13-9-12(16-20-13)10-5-7-11(19-3)8-6-10/h5-9H,4H2,1-3H3,(H,15,18). The molecule has 1 aromatic heterocycles. The zero-order valence-electron chi connectivity index (χ0n) is 11.7. The average molecular weight is 291 g/mol. The molecular weight excluding hydrogens is 274 g/mol. The Morgan fingerprint density at radius 2 is 2.10 bits per heavy atom. The number of rotatable bonds is 4. The van der Waals surface area contributed by atoms with Gasteiger partial charge in [-0.3, -0.25) is 5.32 Å². The van der Waals surface area contributed by atoms with Gasteiger partial charge in [-0.15, -0.1) is 0 Å². The maximum Gasteiger partial charge on any atom is 0.322 e. The molecule has 0 radical (unpaired) electrons. The molecule has 1 aromatic carbocycles. The highest BCUT2D eigenvalue weighted by Gasteiger charge is 2.10. The lowest BCUT2D eigenvalue weighted by Crippen LogP contribution is -2.30. The van der Waals surface area contributed by atoms with Gasteiger partial charge in [0.1, 0.15) is 10.8 Å². The maximum absolute atomic E-state index is 11.7. The topological polar surface area (TPSA) is 54.5 Å². The normalized spacial score (nSPS) is 10.2. The monoisotopic (exact) mass is 291 g/mol. The summed E-state index contributed by atoms with van der Waals surface area (Å²) in [4.78, 5) is 13.4. The molecule has 0 spiro atoms. The Labute approximate surface area is 122 Å². The molecule has 1 N–H and O–H groups in total. The van der Waals surface area contributed by atoms with Crippen LogP contribution in [0.5, 0.6) is 5.75 Å². The number of hydrogen-bond donors (Lipinski definition) is 1. The quantitative estimate of drug-likeness (QED) is 0.940. The predicted octanol–water partition coefficient (Wildman–Crippen LogP) is 3.30. The zero-order chi connectivity index (χ0) is 14.5. The SMILES string of the molecule is CCN(C)C(=O)Nc1cc(-c2ccc(OC)cc2)ns1. The van der Waals surface area contributed by atoms with Crippen molar-refractivity contribution in [3.05, 3.63) is 30.3 Å². The second kappa shape index (κ2) is 6.38. The molecule has 106 valence electrons. The highest BCUT2D eigenvalue weighted by atomic mass is 32.1. The number of carbonyl (C=O) groups excluding carboxylic acids is 1. The van der Waals surface area contributed by atoms with E-state index in [2.05, 4.69) is 9.69 Å². The molecule has 6 heteroatoms. The van der Waals surface area contributed by atoms with Gasteiger partial charge in [-0.1, -0.05) is 0 Å². The van der Waals surface area contributed by atoms with Crippen LogP contribution in [-0.4, -0.2) is 36.0 Å². The number of carbonyl (C=O) groups is 1. The summed E-state index contributed by atoms with van der Waals surface area (Å²) in [5.74, 6) is 0.807. The summed E-state index contributed by atoms with van der Waals surface area (Å²) in [6.07, 6.45) is 0. The molecule has 0 unspecified atom stereocenters. The number of ether oxygens (including phenoxy) is 1. The number of methoxy groups -OCH3 is 1. The van der Waals surface area contributed by atoms with E-state index < -0.39 is 0 Å². The lowest BCUT2D eigenvalue weighted by atomic mass is 10.1. The third kappa shape index (κ3) is 3.27. The smallest absolute Gasteiger partial charge is 0.322 e. The van der Waals surface area contributed by atoms with E-state index in [1.54, 1.807) is 19.1 Å². The fraction of sp³-hybridized carbons (Fsp3) is 0.286. The minimum Gasteiger partial charge on any atom is -0.497 e. The summed E-state index contributed by atoms with van der Waals surface area (Å²) in [7, 11) is 3.39. The molecule has 2 amide bonds. The fourth-order valence-electron chi connectivity index (χ4n) is 1.58. The number of hydrogen-bond acceptors (Lipinski definition) is 4. The second-order valence-electron chi connectivity index (χ2n) is 4.25. The number of anilines is 1. The Kier molecular flexibility index (Phi) is 4.57. The van der Waals surface area contributed by atoms with Gasteiger partial charge in [0.05, 0.1) is 12.8 Å². The molecule has 0 aliphatic heterocycles. The van der Waals surface area contributed by atoms with Gasteiger partial charge < -0.3 is 9.64 Å². The predicted molar refractivity (Wildman–Crippen MR) is 81.4 cm³/mol. The second-order valence-corrected chi connectivity index (χ2v) is 5.05. The van der Waals surface area contributed by atoms with E-state index in [1.807, 2.05) is 37.3 Å². The van der Waals surface area contributed by atoms with Gasteiger partial charge in [-0.05, 0) is 42.7 Å². The Hall–Kier alpha value is -2.08. The number of nitrogens with zero attached hydrogens (tertiary/aromatic N) is 2. The minimum atomic E-state index is -0.127. The first kappa shape index (κ1) is 14.3. The summed E-state index contributed by atoms with van der Waals surface area (Å²) >= 11 is 1.27. The molecule has 2 rings (SSSR count). The van der Waals surface area contributed by atoms with E-state index in [4.69, 9.17) is 4.74 Å². The summed E-state index contributed by atoms with van der Waals surface area (Å²) in [6.45, 7) is 2.59. The van der Waals surface area contributed by atoms with Crippen molar-refractivity contribution in [2.24, 2.45) is 0 Å². The van der Waals surface area contributed by atoms with Crippen molar-refractivity contribution in [2.45, 2.75) is 6.92 Å². The van der Waals surface area contributed by atoms with Gasteiger partial charge in [0.2, 0.25) is 0 Å². The largest absolute Gasteiger partial charge is 0.497 e. The first-order chi connectivity index (χ1) is 9.63. The molecule has 1 heterocycles. The van der Waals surface area contributed by atoms with Crippen molar-refractivity contribution in [3.8, 4) is 17.0 Å². The first-order valence-corrected chi connectivity index (χ1v) is 7.04. The Morgan fingerprint density at radius 3 is 2.70 bits per heavy atom. The van der Waals surface area contributed by atoms with Crippen LogP contribution in [0.15, 0.2) is 30.3 Å². The molecule has 5 nitrogen and oxygen atoms in total. The van der Waals surface area contributed by atoms with Crippen LogP contribution in [0.2, 0.25) is 0 Å². The van der Waals surface area contributed by atoms with Gasteiger partial charge in [0, 0.05) is 25.2 Å². The number of nitrogens with one attached hydrogen (secondary N) is 1. The summed E-state index contributed by atoms with van der Waals surface area (Å²) in [5, 5.41) is 3.56. The summed E-state index contributed by atoms with van der Waals surface area (Å²) in [5.41, 5.74) is 1.83. The van der Waals surface area contributed by atoms with Crippen molar-refractivity contribution in [1.29, 1.82) is 0 Å². The molecule has 0 aliphatic carbocycles. The maximum atomic E-state index is 11.7. The zero-order valence-corrected chi connectivity index (χ0v) is 12.5. The molecule has 0 saturated carbocycles. The highest BCUT2D eigenvalue weighted by Crippen LogP contribution is 2.26.